The number of amides is 1. The quantitative estimate of drug-likeness (QED) is 0.656. The van der Waals surface area contributed by atoms with Gasteiger partial charge in [0.25, 0.3) is 0 Å². The number of carbonyl (C=O) groups excluding carboxylic acids is 1. The molecule has 1 aliphatic rings. The highest BCUT2D eigenvalue weighted by molar-refractivity contribution is 5.76. The van der Waals surface area contributed by atoms with E-state index in [0.29, 0.717) is 12.5 Å². The summed E-state index contributed by atoms with van der Waals surface area (Å²) < 4.78 is 0. The van der Waals surface area contributed by atoms with E-state index in [1.54, 1.807) is 0 Å². The molecule has 1 amide bonds. The van der Waals surface area contributed by atoms with E-state index < -0.39 is 0 Å². The lowest BCUT2D eigenvalue weighted by Gasteiger charge is -2.20. The molecule has 0 aromatic rings. The van der Waals surface area contributed by atoms with Crippen LogP contribution in [0.15, 0.2) is 0 Å². The summed E-state index contributed by atoms with van der Waals surface area (Å²) in [6.07, 6.45) is 8.06. The molecule has 0 unspecified atom stereocenters. The summed E-state index contributed by atoms with van der Waals surface area (Å²) >= 11 is 0. The summed E-state index contributed by atoms with van der Waals surface area (Å²) in [6, 6.07) is 0. The van der Waals surface area contributed by atoms with Crippen molar-refractivity contribution in [3.8, 4) is 0 Å². The molecular formula is C11H22N2O. The minimum atomic E-state index is 0.213. The van der Waals surface area contributed by atoms with E-state index in [1.165, 1.54) is 32.1 Å². The first-order valence-electron chi connectivity index (χ1n) is 5.79. The zero-order valence-electron chi connectivity index (χ0n) is 8.93. The number of hydrogen-bond acceptors (Lipinski definition) is 2. The largest absolute Gasteiger partial charge is 0.356 e. The molecular weight excluding hydrogens is 176 g/mol. The Morgan fingerprint density at radius 2 is 2.00 bits per heavy atom. The van der Waals surface area contributed by atoms with Gasteiger partial charge in [0.15, 0.2) is 0 Å². The average Bonchev–Trinajstić information content (AvgIpc) is 2.20. The second kappa shape index (κ2) is 6.82. The van der Waals surface area contributed by atoms with Crippen molar-refractivity contribution in [3.05, 3.63) is 0 Å². The van der Waals surface area contributed by atoms with Gasteiger partial charge in [0.05, 0.1) is 0 Å². The summed E-state index contributed by atoms with van der Waals surface area (Å²) in [7, 11) is 0. The number of hydrogen-bond donors (Lipinski definition) is 2. The van der Waals surface area contributed by atoms with Crippen LogP contribution in [-0.4, -0.2) is 19.0 Å². The first-order valence-corrected chi connectivity index (χ1v) is 5.79. The van der Waals surface area contributed by atoms with E-state index in [4.69, 9.17) is 5.73 Å². The molecule has 0 atom stereocenters. The van der Waals surface area contributed by atoms with Crippen molar-refractivity contribution in [2.75, 3.05) is 13.1 Å². The Kier molecular flexibility index (Phi) is 5.60. The SMILES string of the molecule is NCCCNC(=O)CC1CCCCC1. The third-order valence-electron chi connectivity index (χ3n) is 2.90. The maximum atomic E-state index is 11.4. The van der Waals surface area contributed by atoms with Crippen LogP contribution in [0.1, 0.15) is 44.9 Å². The van der Waals surface area contributed by atoms with Crippen LogP contribution in [0.3, 0.4) is 0 Å². The number of rotatable bonds is 5. The van der Waals surface area contributed by atoms with Gasteiger partial charge in [-0.05, 0) is 31.7 Å². The van der Waals surface area contributed by atoms with Crippen molar-refractivity contribution < 1.29 is 4.79 Å². The van der Waals surface area contributed by atoms with Crippen LogP contribution < -0.4 is 11.1 Å². The van der Waals surface area contributed by atoms with Gasteiger partial charge in [-0.1, -0.05) is 19.3 Å². The number of nitrogens with one attached hydrogen (secondary N) is 1. The molecule has 0 radical (unpaired) electrons. The minimum Gasteiger partial charge on any atom is -0.356 e. The highest BCUT2D eigenvalue weighted by atomic mass is 16.1. The Labute approximate surface area is 86.4 Å². The molecule has 3 heteroatoms. The highest BCUT2D eigenvalue weighted by Gasteiger charge is 2.16. The fourth-order valence-electron chi connectivity index (χ4n) is 2.06. The van der Waals surface area contributed by atoms with E-state index in [1.807, 2.05) is 0 Å². The molecule has 1 aliphatic carbocycles. The summed E-state index contributed by atoms with van der Waals surface area (Å²) in [5, 5.41) is 2.91. The van der Waals surface area contributed by atoms with Crippen LogP contribution in [0, 0.1) is 5.92 Å². The van der Waals surface area contributed by atoms with Gasteiger partial charge < -0.3 is 11.1 Å². The van der Waals surface area contributed by atoms with Gasteiger partial charge in [-0.3, -0.25) is 4.79 Å². The first-order chi connectivity index (χ1) is 6.83. The summed E-state index contributed by atoms with van der Waals surface area (Å²) in [4.78, 5) is 11.4. The highest BCUT2D eigenvalue weighted by Crippen LogP contribution is 2.25. The second-order valence-corrected chi connectivity index (χ2v) is 4.20. The Balaban J connectivity index is 2.06. The van der Waals surface area contributed by atoms with Crippen LogP contribution in [0.5, 0.6) is 0 Å². The summed E-state index contributed by atoms with van der Waals surface area (Å²) in [6.45, 7) is 1.39. The van der Waals surface area contributed by atoms with E-state index in [9.17, 15) is 4.79 Å². The normalized spacial score (nSPS) is 18.1. The standard InChI is InChI=1S/C11H22N2O/c12-7-4-8-13-11(14)9-10-5-2-1-3-6-10/h10H,1-9,12H2,(H,13,14). The summed E-state index contributed by atoms with van der Waals surface area (Å²) in [5.74, 6) is 0.854. The molecule has 3 nitrogen and oxygen atoms in total. The fourth-order valence-corrected chi connectivity index (χ4v) is 2.06. The van der Waals surface area contributed by atoms with Crippen molar-refractivity contribution in [3.63, 3.8) is 0 Å². The molecule has 3 N–H and O–H groups in total. The molecule has 1 saturated carbocycles. The van der Waals surface area contributed by atoms with Crippen molar-refractivity contribution in [1.82, 2.24) is 5.32 Å². The van der Waals surface area contributed by atoms with E-state index in [-0.39, 0.29) is 5.91 Å². The lowest BCUT2D eigenvalue weighted by molar-refractivity contribution is -0.122. The smallest absolute Gasteiger partial charge is 0.220 e. The summed E-state index contributed by atoms with van der Waals surface area (Å²) in [5.41, 5.74) is 5.35. The van der Waals surface area contributed by atoms with Gasteiger partial charge in [0.2, 0.25) is 5.91 Å². The van der Waals surface area contributed by atoms with E-state index in [2.05, 4.69) is 5.32 Å². The van der Waals surface area contributed by atoms with E-state index >= 15 is 0 Å². The number of nitrogens with two attached hydrogens (primary N) is 1. The lowest BCUT2D eigenvalue weighted by Crippen LogP contribution is -2.28. The molecule has 0 bridgehead atoms. The monoisotopic (exact) mass is 198 g/mol. The van der Waals surface area contributed by atoms with Gasteiger partial charge in [-0.2, -0.15) is 0 Å². The van der Waals surface area contributed by atoms with Crippen LogP contribution in [0.2, 0.25) is 0 Å². The lowest BCUT2D eigenvalue weighted by atomic mass is 9.87. The zero-order valence-corrected chi connectivity index (χ0v) is 8.93. The second-order valence-electron chi connectivity index (χ2n) is 4.20. The Morgan fingerprint density at radius 1 is 1.29 bits per heavy atom. The predicted molar refractivity (Wildman–Crippen MR) is 57.9 cm³/mol. The van der Waals surface area contributed by atoms with Gasteiger partial charge >= 0.3 is 0 Å². The van der Waals surface area contributed by atoms with E-state index in [0.717, 1.165) is 19.4 Å². The van der Waals surface area contributed by atoms with Gasteiger partial charge in [-0.25, -0.2) is 0 Å². The average molecular weight is 198 g/mol. The fraction of sp³-hybridized carbons (Fsp3) is 0.909. The van der Waals surface area contributed by atoms with Crippen molar-refractivity contribution in [2.45, 2.75) is 44.9 Å². The molecule has 0 aromatic heterocycles. The first kappa shape index (κ1) is 11.5. The van der Waals surface area contributed by atoms with Gasteiger partial charge in [0.1, 0.15) is 0 Å². The van der Waals surface area contributed by atoms with Crippen molar-refractivity contribution in [2.24, 2.45) is 11.7 Å². The van der Waals surface area contributed by atoms with Gasteiger partial charge in [0, 0.05) is 13.0 Å². The third-order valence-corrected chi connectivity index (χ3v) is 2.90. The molecule has 1 rings (SSSR count). The molecule has 0 saturated heterocycles. The van der Waals surface area contributed by atoms with Crippen LogP contribution in [0.4, 0.5) is 0 Å². The van der Waals surface area contributed by atoms with Crippen LogP contribution >= 0.6 is 0 Å². The van der Waals surface area contributed by atoms with Crippen LogP contribution in [0.25, 0.3) is 0 Å². The Morgan fingerprint density at radius 3 is 2.64 bits per heavy atom. The third kappa shape index (κ3) is 4.61. The van der Waals surface area contributed by atoms with Crippen LogP contribution in [-0.2, 0) is 4.79 Å². The molecule has 0 spiro atoms. The molecule has 82 valence electrons. The number of carbonyl (C=O) groups is 1. The van der Waals surface area contributed by atoms with Gasteiger partial charge in [-0.15, -0.1) is 0 Å². The minimum absolute atomic E-state index is 0.213. The molecule has 0 heterocycles. The Hall–Kier alpha value is -0.570. The Bertz CT molecular complexity index is 165. The van der Waals surface area contributed by atoms with Crippen molar-refractivity contribution >= 4 is 5.91 Å². The molecule has 1 fully saturated rings. The molecule has 0 aromatic carbocycles. The van der Waals surface area contributed by atoms with Crippen molar-refractivity contribution in [1.29, 1.82) is 0 Å². The molecule has 14 heavy (non-hydrogen) atoms. The predicted octanol–water partition coefficient (Wildman–Crippen LogP) is 1.42. The maximum Gasteiger partial charge on any atom is 0.220 e. The molecule has 0 aliphatic heterocycles. The maximum absolute atomic E-state index is 11.4. The topological polar surface area (TPSA) is 55.1 Å². The zero-order chi connectivity index (χ0) is 10.2.